The van der Waals surface area contributed by atoms with E-state index in [1.807, 2.05) is 18.2 Å². The lowest BCUT2D eigenvalue weighted by Gasteiger charge is -2.20. The monoisotopic (exact) mass is 387 g/mol. The number of benzene rings is 1. The number of nitrogens with one attached hydrogen (secondary N) is 2. The van der Waals surface area contributed by atoms with Crippen LogP contribution < -0.4 is 10.6 Å². The molecule has 1 amide bonds. The molecule has 134 valence electrons. The molecule has 2 N–H and O–H groups in total. The van der Waals surface area contributed by atoms with Crippen molar-refractivity contribution < 1.29 is 4.79 Å². The van der Waals surface area contributed by atoms with Gasteiger partial charge in [-0.2, -0.15) is 5.26 Å². The molecular formula is C18H18ClN5OS. The molecule has 0 fully saturated rings. The first-order valence-electron chi connectivity index (χ1n) is 8.11. The number of hydrogen-bond acceptors (Lipinski definition) is 6. The van der Waals surface area contributed by atoms with E-state index in [1.165, 1.54) is 11.1 Å². The summed E-state index contributed by atoms with van der Waals surface area (Å²) >= 11 is 7.39. The summed E-state index contributed by atoms with van der Waals surface area (Å²) in [6.45, 7) is 2.19. The van der Waals surface area contributed by atoms with Crippen LogP contribution in [0.2, 0.25) is 5.02 Å². The minimum atomic E-state index is -0.434. The zero-order valence-corrected chi connectivity index (χ0v) is 15.8. The number of aromatic nitrogens is 1. The van der Waals surface area contributed by atoms with Crippen LogP contribution in [0.15, 0.2) is 36.0 Å². The van der Waals surface area contributed by atoms with E-state index < -0.39 is 5.91 Å². The number of likely N-dealkylation sites (N-methyl/N-ethyl adjacent to an activating group) is 1. The van der Waals surface area contributed by atoms with Gasteiger partial charge in [0.15, 0.2) is 5.13 Å². The maximum Gasteiger partial charge on any atom is 0.263 e. The average Bonchev–Trinajstić information content (AvgIpc) is 3.03. The second-order valence-corrected chi connectivity index (χ2v) is 7.52. The third-order valence-electron chi connectivity index (χ3n) is 3.99. The first kappa shape index (κ1) is 18.4. The summed E-state index contributed by atoms with van der Waals surface area (Å²) in [5.41, 5.74) is 2.00. The fraction of sp³-hybridized carbons (Fsp3) is 0.278. The summed E-state index contributed by atoms with van der Waals surface area (Å²) in [5, 5.41) is 16.3. The lowest BCUT2D eigenvalue weighted by molar-refractivity contribution is -0.117. The Balaban J connectivity index is 1.60. The molecule has 1 aromatic carbocycles. The Hall–Kier alpha value is -2.40. The first-order valence-corrected chi connectivity index (χ1v) is 9.31. The smallest absolute Gasteiger partial charge is 0.263 e. The van der Waals surface area contributed by atoms with Crippen LogP contribution >= 0.6 is 22.9 Å². The van der Waals surface area contributed by atoms with Crippen molar-refractivity contribution in [3.8, 4) is 6.07 Å². The minimum absolute atomic E-state index is 0.00394. The van der Waals surface area contributed by atoms with Gasteiger partial charge in [0.1, 0.15) is 11.6 Å². The number of nitriles is 1. The second-order valence-electron chi connectivity index (χ2n) is 6.00. The zero-order valence-electron chi connectivity index (χ0n) is 14.3. The highest BCUT2D eigenvalue weighted by Gasteiger charge is 2.18. The molecule has 0 saturated heterocycles. The van der Waals surface area contributed by atoms with Crippen LogP contribution in [0.3, 0.4) is 0 Å². The van der Waals surface area contributed by atoms with Crippen LogP contribution in [-0.2, 0) is 24.3 Å². The van der Waals surface area contributed by atoms with Gasteiger partial charge in [-0.3, -0.25) is 4.79 Å². The first-order chi connectivity index (χ1) is 12.5. The van der Waals surface area contributed by atoms with Gasteiger partial charge in [0, 0.05) is 42.2 Å². The second kappa shape index (κ2) is 8.32. The molecule has 0 unspecified atom stereocenters. The van der Waals surface area contributed by atoms with Crippen molar-refractivity contribution in [3.63, 3.8) is 0 Å². The largest absolute Gasteiger partial charge is 0.347 e. The fourth-order valence-corrected chi connectivity index (χ4v) is 3.73. The number of fused-ring (bicyclic) bond motifs is 1. The molecule has 1 aliphatic heterocycles. The number of nitrogens with zero attached hydrogens (tertiary/aromatic N) is 3. The van der Waals surface area contributed by atoms with Crippen molar-refractivity contribution in [2.24, 2.45) is 0 Å². The molecule has 0 aliphatic carbocycles. The summed E-state index contributed by atoms with van der Waals surface area (Å²) in [7, 11) is 2.08. The van der Waals surface area contributed by atoms with Crippen molar-refractivity contribution in [3.05, 3.63) is 57.2 Å². The van der Waals surface area contributed by atoms with E-state index in [2.05, 4.69) is 27.6 Å². The molecular weight excluding hydrogens is 370 g/mol. The van der Waals surface area contributed by atoms with Crippen molar-refractivity contribution in [2.75, 3.05) is 18.9 Å². The highest BCUT2D eigenvalue weighted by atomic mass is 35.5. The molecule has 0 atom stereocenters. The number of thiazole rings is 1. The van der Waals surface area contributed by atoms with Crippen molar-refractivity contribution in [2.45, 2.75) is 19.5 Å². The summed E-state index contributed by atoms with van der Waals surface area (Å²) < 4.78 is 0. The molecule has 3 rings (SSSR count). The van der Waals surface area contributed by atoms with E-state index in [4.69, 9.17) is 11.6 Å². The van der Waals surface area contributed by atoms with Gasteiger partial charge in [-0.1, -0.05) is 23.7 Å². The van der Waals surface area contributed by atoms with Crippen LogP contribution in [-0.4, -0.2) is 29.4 Å². The van der Waals surface area contributed by atoms with Crippen molar-refractivity contribution >= 4 is 34.0 Å². The highest BCUT2D eigenvalue weighted by Crippen LogP contribution is 2.27. The number of carbonyl (C=O) groups excluding carboxylic acids is 1. The summed E-state index contributed by atoms with van der Waals surface area (Å²) in [6.07, 6.45) is 2.33. The van der Waals surface area contributed by atoms with Crippen LogP contribution in [0.25, 0.3) is 0 Å². The van der Waals surface area contributed by atoms with Gasteiger partial charge >= 0.3 is 0 Å². The Labute approximate surface area is 161 Å². The van der Waals surface area contributed by atoms with Gasteiger partial charge in [-0.25, -0.2) is 4.98 Å². The van der Waals surface area contributed by atoms with Crippen molar-refractivity contribution in [1.29, 1.82) is 5.26 Å². The van der Waals surface area contributed by atoms with Gasteiger partial charge in [0.25, 0.3) is 5.91 Å². The van der Waals surface area contributed by atoms with E-state index in [9.17, 15) is 10.1 Å². The van der Waals surface area contributed by atoms with Gasteiger partial charge in [-0.05, 0) is 24.7 Å². The van der Waals surface area contributed by atoms with E-state index in [0.29, 0.717) is 16.7 Å². The van der Waals surface area contributed by atoms with Gasteiger partial charge < -0.3 is 15.5 Å². The van der Waals surface area contributed by atoms with E-state index in [0.717, 1.165) is 30.8 Å². The summed E-state index contributed by atoms with van der Waals surface area (Å²) in [4.78, 5) is 20.2. The van der Waals surface area contributed by atoms with Gasteiger partial charge in [0.2, 0.25) is 0 Å². The molecule has 2 aromatic rings. The maximum absolute atomic E-state index is 12.2. The molecule has 2 heterocycles. The number of carbonyl (C=O) groups is 1. The summed E-state index contributed by atoms with van der Waals surface area (Å²) in [5.74, 6) is -0.434. The molecule has 26 heavy (non-hydrogen) atoms. The highest BCUT2D eigenvalue weighted by molar-refractivity contribution is 7.15. The van der Waals surface area contributed by atoms with E-state index in [1.54, 1.807) is 23.5 Å². The molecule has 8 heteroatoms. The number of rotatable bonds is 5. The number of hydrogen-bond donors (Lipinski definition) is 2. The quantitative estimate of drug-likeness (QED) is 0.609. The van der Waals surface area contributed by atoms with Crippen LogP contribution in [0.1, 0.15) is 16.1 Å². The fourth-order valence-electron chi connectivity index (χ4n) is 2.55. The number of anilines is 1. The number of halogens is 1. The van der Waals surface area contributed by atoms with E-state index >= 15 is 0 Å². The zero-order chi connectivity index (χ0) is 18.5. The Bertz CT molecular complexity index is 869. The van der Waals surface area contributed by atoms with Crippen LogP contribution in [0, 0.1) is 11.3 Å². The molecule has 1 aromatic heterocycles. The third kappa shape index (κ3) is 4.61. The Morgan fingerprint density at radius 1 is 1.46 bits per heavy atom. The maximum atomic E-state index is 12.2. The Morgan fingerprint density at radius 3 is 2.96 bits per heavy atom. The molecule has 0 spiro atoms. The number of amides is 1. The Morgan fingerprint density at radius 2 is 2.23 bits per heavy atom. The molecule has 0 radical (unpaired) electrons. The predicted octanol–water partition coefficient (Wildman–Crippen LogP) is 2.92. The predicted molar refractivity (Wildman–Crippen MR) is 103 cm³/mol. The minimum Gasteiger partial charge on any atom is -0.347 e. The molecule has 6 nitrogen and oxygen atoms in total. The van der Waals surface area contributed by atoms with Crippen LogP contribution in [0.4, 0.5) is 5.13 Å². The lowest BCUT2D eigenvalue weighted by atomic mass is 10.2. The lowest BCUT2D eigenvalue weighted by Crippen LogP contribution is -2.25. The van der Waals surface area contributed by atoms with Crippen LogP contribution in [0.5, 0.6) is 0 Å². The molecule has 1 aliphatic rings. The standard InChI is InChI=1S/C18H18ClN5OS/c1-24-7-6-15-16(11-24)26-18(23-15)22-10-13(8-20)17(25)21-9-12-2-4-14(19)5-3-12/h2-5,10H,6-7,9,11H2,1H3,(H,21,25)(H,22,23)/b13-10-. The normalized spacial score (nSPS) is 14.4. The molecule has 0 bridgehead atoms. The average molecular weight is 388 g/mol. The molecule has 0 saturated carbocycles. The third-order valence-corrected chi connectivity index (χ3v) is 5.26. The van der Waals surface area contributed by atoms with Crippen molar-refractivity contribution in [1.82, 2.24) is 15.2 Å². The topological polar surface area (TPSA) is 81.1 Å². The SMILES string of the molecule is CN1CCc2nc(N/C=C(/C#N)C(=O)NCc3ccc(Cl)cc3)sc2C1. The summed E-state index contributed by atoms with van der Waals surface area (Å²) in [6, 6.07) is 9.09. The van der Waals surface area contributed by atoms with Gasteiger partial charge in [0.05, 0.1) is 5.69 Å². The van der Waals surface area contributed by atoms with E-state index in [-0.39, 0.29) is 5.57 Å². The Kier molecular flexibility index (Phi) is 5.89. The van der Waals surface area contributed by atoms with Gasteiger partial charge in [-0.15, -0.1) is 11.3 Å².